The summed E-state index contributed by atoms with van der Waals surface area (Å²) in [6.07, 6.45) is 0.943. The summed E-state index contributed by atoms with van der Waals surface area (Å²) < 4.78 is 2.37. The highest BCUT2D eigenvalue weighted by Crippen LogP contribution is 2.31. The number of hydrogen-bond donors (Lipinski definition) is 0. The maximum Gasteiger partial charge on any atom is 0.0541 e. The van der Waals surface area contributed by atoms with Gasteiger partial charge in [-0.15, -0.1) is 0 Å². The van der Waals surface area contributed by atoms with Crippen molar-refractivity contribution < 1.29 is 0 Å². The molecule has 0 amide bonds. The van der Waals surface area contributed by atoms with E-state index < -0.39 is 0 Å². The summed E-state index contributed by atoms with van der Waals surface area (Å²) in [6, 6.07) is 41.6. The first kappa shape index (κ1) is 17.1. The Bertz CT molecular complexity index is 1450. The zero-order valence-corrected chi connectivity index (χ0v) is 16.6. The van der Waals surface area contributed by atoms with Gasteiger partial charge in [-0.05, 0) is 52.6 Å². The number of para-hydroxylation sites is 2. The molecule has 0 N–H and O–H groups in total. The lowest BCUT2D eigenvalue weighted by Crippen LogP contribution is -1.95. The Morgan fingerprint density at radius 2 is 1.03 bits per heavy atom. The van der Waals surface area contributed by atoms with Crippen molar-refractivity contribution in [2.45, 2.75) is 6.42 Å². The highest BCUT2D eigenvalue weighted by molar-refractivity contribution is 6.09. The first-order valence-corrected chi connectivity index (χ1v) is 10.4. The molecule has 1 aromatic heterocycles. The summed E-state index contributed by atoms with van der Waals surface area (Å²) in [5.74, 6) is 0. The van der Waals surface area contributed by atoms with Crippen molar-refractivity contribution in [3.05, 3.63) is 126 Å². The lowest BCUT2D eigenvalue weighted by molar-refractivity contribution is 1.15. The summed E-state index contributed by atoms with van der Waals surface area (Å²) in [5.41, 5.74) is 6.38. The topological polar surface area (TPSA) is 4.93 Å². The first-order chi connectivity index (χ1) is 14.9. The fourth-order valence-corrected chi connectivity index (χ4v) is 4.55. The summed E-state index contributed by atoms with van der Waals surface area (Å²) in [7, 11) is 0. The Hall–Kier alpha value is -3.84. The molecule has 0 unspecified atom stereocenters. The monoisotopic (exact) mass is 383 g/mol. The van der Waals surface area contributed by atoms with Crippen LogP contribution in [0, 0.1) is 0 Å². The van der Waals surface area contributed by atoms with Gasteiger partial charge in [-0.25, -0.2) is 0 Å². The van der Waals surface area contributed by atoms with Crippen LogP contribution in [0.15, 0.2) is 115 Å². The molecule has 6 aromatic rings. The van der Waals surface area contributed by atoms with Crippen molar-refractivity contribution in [3.63, 3.8) is 0 Å². The van der Waals surface area contributed by atoms with Gasteiger partial charge in [-0.3, -0.25) is 0 Å². The van der Waals surface area contributed by atoms with Crippen LogP contribution in [0.25, 0.3) is 38.3 Å². The zero-order valence-electron chi connectivity index (χ0n) is 16.6. The largest absolute Gasteiger partial charge is 0.309 e. The molecule has 6 rings (SSSR count). The van der Waals surface area contributed by atoms with E-state index in [0.29, 0.717) is 0 Å². The van der Waals surface area contributed by atoms with Crippen LogP contribution in [-0.2, 0) is 6.42 Å². The molecule has 0 atom stereocenters. The van der Waals surface area contributed by atoms with Crippen LogP contribution in [0.5, 0.6) is 0 Å². The van der Waals surface area contributed by atoms with E-state index in [2.05, 4.69) is 120 Å². The van der Waals surface area contributed by atoms with Gasteiger partial charge in [0.25, 0.3) is 0 Å². The molecular weight excluding hydrogens is 362 g/mol. The Morgan fingerprint density at radius 1 is 0.467 bits per heavy atom. The lowest BCUT2D eigenvalue weighted by atomic mass is 10.0. The van der Waals surface area contributed by atoms with E-state index in [1.807, 2.05) is 0 Å². The summed E-state index contributed by atoms with van der Waals surface area (Å²) in [6.45, 7) is 0. The SMILES string of the molecule is c1ccc2cc(Cc3ccc(-n4c5ccccc5c5ccccc54)cc3)ccc2c1. The molecule has 142 valence electrons. The van der Waals surface area contributed by atoms with Crippen molar-refractivity contribution in [2.24, 2.45) is 0 Å². The second-order valence-corrected chi connectivity index (χ2v) is 7.89. The van der Waals surface area contributed by atoms with Crippen LogP contribution in [0.2, 0.25) is 0 Å². The van der Waals surface area contributed by atoms with Crippen LogP contribution in [0.3, 0.4) is 0 Å². The fraction of sp³-hybridized carbons (Fsp3) is 0.0345. The molecule has 0 radical (unpaired) electrons. The minimum atomic E-state index is 0.943. The number of nitrogens with zero attached hydrogens (tertiary/aromatic N) is 1. The van der Waals surface area contributed by atoms with Crippen molar-refractivity contribution >= 4 is 32.6 Å². The van der Waals surface area contributed by atoms with Crippen LogP contribution in [0.1, 0.15) is 11.1 Å². The minimum Gasteiger partial charge on any atom is -0.309 e. The number of rotatable bonds is 3. The highest BCUT2D eigenvalue weighted by Gasteiger charge is 2.11. The second kappa shape index (κ2) is 6.89. The van der Waals surface area contributed by atoms with E-state index in [1.54, 1.807) is 0 Å². The third-order valence-corrected chi connectivity index (χ3v) is 6.00. The van der Waals surface area contributed by atoms with Gasteiger partial charge < -0.3 is 4.57 Å². The van der Waals surface area contributed by atoms with Gasteiger partial charge in [0.15, 0.2) is 0 Å². The minimum absolute atomic E-state index is 0.943. The van der Waals surface area contributed by atoms with Crippen LogP contribution < -0.4 is 0 Å². The molecule has 0 fully saturated rings. The van der Waals surface area contributed by atoms with E-state index in [9.17, 15) is 0 Å². The van der Waals surface area contributed by atoms with E-state index >= 15 is 0 Å². The lowest BCUT2D eigenvalue weighted by Gasteiger charge is -2.10. The van der Waals surface area contributed by atoms with Gasteiger partial charge in [0, 0.05) is 16.5 Å². The fourth-order valence-electron chi connectivity index (χ4n) is 4.55. The van der Waals surface area contributed by atoms with E-state index in [4.69, 9.17) is 0 Å². The van der Waals surface area contributed by atoms with Crippen molar-refractivity contribution in [1.29, 1.82) is 0 Å². The molecule has 5 aromatic carbocycles. The normalized spacial score (nSPS) is 11.5. The Morgan fingerprint density at radius 3 is 1.73 bits per heavy atom. The molecule has 0 aliphatic rings. The Balaban J connectivity index is 1.39. The van der Waals surface area contributed by atoms with E-state index in [-0.39, 0.29) is 0 Å². The molecule has 30 heavy (non-hydrogen) atoms. The maximum atomic E-state index is 2.37. The number of aromatic nitrogens is 1. The number of benzene rings is 5. The number of fused-ring (bicyclic) bond motifs is 4. The van der Waals surface area contributed by atoms with Crippen LogP contribution >= 0.6 is 0 Å². The van der Waals surface area contributed by atoms with Gasteiger partial charge in [0.1, 0.15) is 0 Å². The first-order valence-electron chi connectivity index (χ1n) is 10.4. The van der Waals surface area contributed by atoms with Crippen LogP contribution in [-0.4, -0.2) is 4.57 Å². The molecule has 0 aliphatic heterocycles. The van der Waals surface area contributed by atoms with Gasteiger partial charge in [-0.2, -0.15) is 0 Å². The van der Waals surface area contributed by atoms with E-state index in [0.717, 1.165) is 6.42 Å². The van der Waals surface area contributed by atoms with Crippen LogP contribution in [0.4, 0.5) is 0 Å². The van der Waals surface area contributed by atoms with Crippen molar-refractivity contribution in [3.8, 4) is 5.69 Å². The van der Waals surface area contributed by atoms with Gasteiger partial charge in [-0.1, -0.05) is 91.0 Å². The summed E-state index contributed by atoms with van der Waals surface area (Å²) in [5, 5.41) is 5.20. The molecule has 1 nitrogen and oxygen atoms in total. The van der Waals surface area contributed by atoms with Crippen molar-refractivity contribution in [2.75, 3.05) is 0 Å². The second-order valence-electron chi connectivity index (χ2n) is 7.89. The third kappa shape index (κ3) is 2.79. The molecule has 0 spiro atoms. The molecule has 0 saturated carbocycles. The van der Waals surface area contributed by atoms with Crippen molar-refractivity contribution in [1.82, 2.24) is 4.57 Å². The highest BCUT2D eigenvalue weighted by atomic mass is 15.0. The predicted molar refractivity (Wildman–Crippen MR) is 128 cm³/mol. The molecule has 1 heterocycles. The molecule has 0 bridgehead atoms. The Labute approximate surface area is 175 Å². The third-order valence-electron chi connectivity index (χ3n) is 6.00. The summed E-state index contributed by atoms with van der Waals surface area (Å²) in [4.78, 5) is 0. The standard InChI is InChI=1S/C29H21N/c1-2-8-24-20-22(13-16-23(24)7-1)19-21-14-17-25(18-15-21)30-28-11-5-3-9-26(28)27-10-4-6-12-29(27)30/h1-18,20H,19H2. The smallest absolute Gasteiger partial charge is 0.0541 e. The molecule has 1 heteroatoms. The average Bonchev–Trinajstić information content (AvgIpc) is 3.14. The zero-order chi connectivity index (χ0) is 19.9. The molecule has 0 aliphatic carbocycles. The van der Waals surface area contributed by atoms with E-state index in [1.165, 1.54) is 49.4 Å². The molecule has 0 saturated heterocycles. The number of hydrogen-bond acceptors (Lipinski definition) is 0. The van der Waals surface area contributed by atoms with Gasteiger partial charge >= 0.3 is 0 Å². The predicted octanol–water partition coefficient (Wildman–Crippen LogP) is 7.53. The Kier molecular flexibility index (Phi) is 3.92. The van der Waals surface area contributed by atoms with Gasteiger partial charge in [0.2, 0.25) is 0 Å². The summed E-state index contributed by atoms with van der Waals surface area (Å²) >= 11 is 0. The quantitative estimate of drug-likeness (QED) is 0.298. The maximum absolute atomic E-state index is 2.37. The molecular formula is C29H21N. The van der Waals surface area contributed by atoms with Gasteiger partial charge in [0.05, 0.1) is 11.0 Å². The average molecular weight is 383 g/mol.